The summed E-state index contributed by atoms with van der Waals surface area (Å²) in [5.41, 5.74) is 1.71. The highest BCUT2D eigenvalue weighted by atomic mass is 19.1. The number of piperazine rings is 1. The smallest absolute Gasteiger partial charge is 0.449 e. The quantitative estimate of drug-likeness (QED) is 0.395. The molecule has 2 fully saturated rings. The van der Waals surface area contributed by atoms with Crippen molar-refractivity contribution in [3.05, 3.63) is 100 Å². The number of likely N-dealkylation sites (tertiary alicyclic amines) is 1. The summed E-state index contributed by atoms with van der Waals surface area (Å²) >= 11 is 0. The van der Waals surface area contributed by atoms with E-state index in [0.29, 0.717) is 23.4 Å². The van der Waals surface area contributed by atoms with E-state index >= 15 is 4.39 Å². The number of anilines is 1. The molecular formula is C28H23F2N3O4. The molecule has 1 N–H and O–H groups in total. The number of hydrogen-bond acceptors (Lipinski definition) is 5. The van der Waals surface area contributed by atoms with Gasteiger partial charge in [0.15, 0.2) is 5.75 Å². The third-order valence-corrected chi connectivity index (χ3v) is 7.23. The Morgan fingerprint density at radius 2 is 1.76 bits per heavy atom. The van der Waals surface area contributed by atoms with Crippen molar-refractivity contribution in [1.82, 2.24) is 9.47 Å². The van der Waals surface area contributed by atoms with Crippen molar-refractivity contribution in [2.75, 3.05) is 18.0 Å². The van der Waals surface area contributed by atoms with Gasteiger partial charge in [-0.3, -0.25) is 9.69 Å². The Labute approximate surface area is 210 Å². The van der Waals surface area contributed by atoms with Gasteiger partial charge in [0.2, 0.25) is 5.43 Å². The largest absolute Gasteiger partial charge is 0.511 e. The fourth-order valence-corrected chi connectivity index (χ4v) is 5.57. The molecule has 2 aliphatic rings. The maximum atomic E-state index is 15.5. The lowest BCUT2D eigenvalue weighted by molar-refractivity contribution is 0.144. The zero-order valence-corrected chi connectivity index (χ0v) is 19.7. The van der Waals surface area contributed by atoms with Gasteiger partial charge in [-0.25, -0.2) is 13.6 Å². The molecule has 9 heteroatoms. The minimum atomic E-state index is -1.66. The molecule has 37 heavy (non-hydrogen) atoms. The second kappa shape index (κ2) is 9.01. The van der Waals surface area contributed by atoms with Crippen LogP contribution in [0.1, 0.15) is 12.0 Å². The highest BCUT2D eigenvalue weighted by Crippen LogP contribution is 2.38. The van der Waals surface area contributed by atoms with Crippen molar-refractivity contribution in [3.8, 4) is 11.4 Å². The highest BCUT2D eigenvalue weighted by Gasteiger charge is 2.44. The molecule has 7 nitrogen and oxygen atoms in total. The minimum Gasteiger partial charge on any atom is -0.449 e. The molecular weight excluding hydrogens is 480 g/mol. The lowest BCUT2D eigenvalue weighted by Crippen LogP contribution is -2.46. The normalized spacial score (nSPS) is 19.0. The second-order valence-corrected chi connectivity index (χ2v) is 9.47. The summed E-state index contributed by atoms with van der Waals surface area (Å²) in [5, 5.41) is 9.05. The first-order chi connectivity index (χ1) is 17.9. The summed E-state index contributed by atoms with van der Waals surface area (Å²) in [6.07, 6.45) is 0.499. The number of rotatable bonds is 5. The lowest BCUT2D eigenvalue weighted by atomic mass is 10.1. The summed E-state index contributed by atoms with van der Waals surface area (Å²) in [5.74, 6) is -1.48. The van der Waals surface area contributed by atoms with E-state index in [-0.39, 0.29) is 17.5 Å². The molecule has 0 radical (unpaired) electrons. The van der Waals surface area contributed by atoms with Crippen LogP contribution in [0.2, 0.25) is 0 Å². The molecule has 4 aromatic rings. The summed E-state index contributed by atoms with van der Waals surface area (Å²) in [6, 6.07) is 18.9. The van der Waals surface area contributed by atoms with Crippen LogP contribution in [0.15, 0.2) is 77.7 Å². The van der Waals surface area contributed by atoms with Crippen LogP contribution >= 0.6 is 0 Å². The van der Waals surface area contributed by atoms with Crippen LogP contribution in [0.3, 0.4) is 0 Å². The van der Waals surface area contributed by atoms with Crippen molar-refractivity contribution < 1.29 is 23.4 Å². The maximum absolute atomic E-state index is 15.5. The predicted molar refractivity (Wildman–Crippen MR) is 135 cm³/mol. The Balaban J connectivity index is 1.39. The van der Waals surface area contributed by atoms with E-state index in [1.165, 1.54) is 40.6 Å². The van der Waals surface area contributed by atoms with Crippen LogP contribution in [0.4, 0.5) is 19.3 Å². The number of halogens is 2. The van der Waals surface area contributed by atoms with Crippen molar-refractivity contribution in [2.45, 2.75) is 25.0 Å². The number of hydrogen-bond donors (Lipinski definition) is 1. The lowest BCUT2D eigenvalue weighted by Gasteiger charge is -2.36. The Morgan fingerprint density at radius 3 is 2.43 bits per heavy atom. The molecule has 6 rings (SSSR count). The van der Waals surface area contributed by atoms with Gasteiger partial charge in [0, 0.05) is 37.4 Å². The fraction of sp³-hybridized carbons (Fsp3) is 0.214. The molecule has 3 heterocycles. The van der Waals surface area contributed by atoms with Crippen molar-refractivity contribution in [3.63, 3.8) is 0 Å². The molecule has 1 aromatic heterocycles. The summed E-state index contributed by atoms with van der Waals surface area (Å²) in [4.78, 5) is 28.6. The average Bonchev–Trinajstić information content (AvgIpc) is 3.47. The molecule has 188 valence electrons. The molecule has 0 aliphatic carbocycles. The second-order valence-electron chi connectivity index (χ2n) is 9.47. The number of ether oxygens (including phenoxy) is 1. The van der Waals surface area contributed by atoms with Crippen molar-refractivity contribution in [1.29, 1.82) is 0 Å². The number of benzene rings is 3. The Morgan fingerprint density at radius 1 is 1.00 bits per heavy atom. The van der Waals surface area contributed by atoms with Gasteiger partial charge < -0.3 is 19.3 Å². The van der Waals surface area contributed by atoms with Crippen LogP contribution in [0.5, 0.6) is 5.75 Å². The third-order valence-electron chi connectivity index (χ3n) is 7.23. The molecule has 2 atom stereocenters. The molecule has 0 spiro atoms. The Hall–Kier alpha value is -4.24. The first-order valence-electron chi connectivity index (χ1n) is 12.0. The monoisotopic (exact) mass is 503 g/mol. The Bertz CT molecular complexity index is 1560. The Kier molecular flexibility index (Phi) is 5.64. The van der Waals surface area contributed by atoms with E-state index in [1.54, 1.807) is 6.07 Å². The molecule has 2 aliphatic heterocycles. The number of aromatic nitrogens is 1. The number of fused-ring (bicyclic) bond motifs is 3. The van der Waals surface area contributed by atoms with Gasteiger partial charge in [-0.2, -0.15) is 0 Å². The van der Waals surface area contributed by atoms with Crippen LogP contribution in [0, 0.1) is 11.6 Å². The van der Waals surface area contributed by atoms with Gasteiger partial charge in [-0.05, 0) is 48.4 Å². The number of nitrogens with zero attached hydrogens (tertiary/aromatic N) is 3. The SMILES string of the molecule is O=C(O)Oc1cn(-c2ccc(F)cc2)c2cc(N3CC4CC3CN4Cc3ccccc3)c(F)cc2c1=O. The van der Waals surface area contributed by atoms with Gasteiger partial charge in [0.05, 0.1) is 22.8 Å². The van der Waals surface area contributed by atoms with Gasteiger partial charge in [-0.1, -0.05) is 30.3 Å². The van der Waals surface area contributed by atoms with E-state index in [4.69, 9.17) is 5.11 Å². The highest BCUT2D eigenvalue weighted by molar-refractivity contribution is 5.86. The van der Waals surface area contributed by atoms with E-state index in [9.17, 15) is 14.0 Å². The first-order valence-corrected chi connectivity index (χ1v) is 12.0. The minimum absolute atomic E-state index is 0.0283. The summed E-state index contributed by atoms with van der Waals surface area (Å²) < 4.78 is 35.3. The standard InChI is InChI=1S/C28H23F2N3O4/c29-18-6-8-19(9-7-18)33-16-26(37-28(35)36)27(34)22-11-23(30)25(12-24(22)33)32-15-20-10-21(32)14-31(20)13-17-4-2-1-3-5-17/h1-9,11-12,16,20-21H,10,13-15H2,(H,35,36). The van der Waals surface area contributed by atoms with Gasteiger partial charge in [0.25, 0.3) is 0 Å². The fourth-order valence-electron chi connectivity index (χ4n) is 5.57. The van der Waals surface area contributed by atoms with Gasteiger partial charge in [0.1, 0.15) is 11.6 Å². The van der Waals surface area contributed by atoms with Gasteiger partial charge >= 0.3 is 6.16 Å². The molecule has 0 amide bonds. The van der Waals surface area contributed by atoms with Gasteiger partial charge in [-0.15, -0.1) is 0 Å². The van der Waals surface area contributed by atoms with Crippen molar-refractivity contribution in [2.24, 2.45) is 0 Å². The maximum Gasteiger partial charge on any atom is 0.511 e. The van der Waals surface area contributed by atoms with E-state index in [2.05, 4.69) is 21.8 Å². The van der Waals surface area contributed by atoms with Crippen LogP contribution in [0.25, 0.3) is 16.6 Å². The third kappa shape index (κ3) is 4.21. The zero-order valence-electron chi connectivity index (χ0n) is 19.7. The van der Waals surface area contributed by atoms with E-state index in [0.717, 1.165) is 25.6 Å². The average molecular weight is 504 g/mol. The summed E-state index contributed by atoms with van der Waals surface area (Å²) in [6.45, 7) is 2.29. The molecule has 0 saturated carbocycles. The van der Waals surface area contributed by atoms with Crippen LogP contribution < -0.4 is 15.1 Å². The predicted octanol–water partition coefficient (Wildman–Crippen LogP) is 4.79. The first kappa shape index (κ1) is 23.2. The zero-order chi connectivity index (χ0) is 25.7. The molecule has 2 bridgehead atoms. The molecule has 2 unspecified atom stereocenters. The van der Waals surface area contributed by atoms with Crippen LogP contribution in [-0.2, 0) is 6.54 Å². The number of carbonyl (C=O) groups is 1. The topological polar surface area (TPSA) is 75.0 Å². The molecule has 3 aromatic carbocycles. The van der Waals surface area contributed by atoms with Crippen molar-refractivity contribution >= 4 is 22.7 Å². The van der Waals surface area contributed by atoms with E-state index < -0.39 is 29.0 Å². The van der Waals surface area contributed by atoms with Crippen LogP contribution in [-0.4, -0.2) is 45.9 Å². The van der Waals surface area contributed by atoms with E-state index in [1.807, 2.05) is 23.1 Å². The number of carboxylic acid groups (broad SMARTS) is 1. The number of pyridine rings is 1. The molecule has 2 saturated heterocycles. The summed E-state index contributed by atoms with van der Waals surface area (Å²) in [7, 11) is 0.